The molecule has 16 heavy (non-hydrogen) atoms. The topological polar surface area (TPSA) is 38.3 Å². The zero-order valence-corrected chi connectivity index (χ0v) is 11.2. The monoisotopic (exact) mass is 243 g/mol. The molecule has 0 aliphatic carbocycles. The van der Waals surface area contributed by atoms with Gasteiger partial charge in [-0.25, -0.2) is 9.97 Å². The average molecular weight is 244 g/mol. The number of anilines is 1. The molecule has 0 atom stereocenters. The van der Waals surface area contributed by atoms with Gasteiger partial charge < -0.3 is 9.64 Å². The quantitative estimate of drug-likeness (QED) is 0.765. The van der Waals surface area contributed by atoms with Crippen molar-refractivity contribution in [1.29, 1.82) is 0 Å². The first-order valence-corrected chi connectivity index (χ1v) is 5.48. The Morgan fingerprint density at radius 1 is 1.38 bits per heavy atom. The first kappa shape index (κ1) is 13.0. The van der Waals surface area contributed by atoms with Crippen molar-refractivity contribution >= 4 is 17.4 Å². The smallest absolute Gasteiger partial charge is 0.199 e. The molecule has 0 aromatic carbocycles. The van der Waals surface area contributed by atoms with Crippen LogP contribution in [0.25, 0.3) is 0 Å². The van der Waals surface area contributed by atoms with E-state index in [2.05, 4.69) is 30.7 Å². The molecule has 0 fully saturated rings. The summed E-state index contributed by atoms with van der Waals surface area (Å²) in [5.74, 6) is 1.24. The fourth-order valence-corrected chi connectivity index (χ4v) is 1.78. The van der Waals surface area contributed by atoms with Crippen molar-refractivity contribution in [2.45, 2.75) is 20.8 Å². The lowest BCUT2D eigenvalue weighted by atomic mass is 9.96. The number of hydrogen-bond acceptors (Lipinski definition) is 4. The number of hydrogen-bond donors (Lipinski definition) is 0. The standard InChI is InChI=1S/C11H18ClN3O/c1-11(2,3)6-15(4)10-8(16-5)9(12)13-7-14-10/h7H,6H2,1-5H3. The molecule has 0 N–H and O–H groups in total. The Labute approximate surface area is 102 Å². The van der Waals surface area contributed by atoms with Gasteiger partial charge in [-0.2, -0.15) is 0 Å². The molecule has 0 aliphatic heterocycles. The molecule has 0 amide bonds. The van der Waals surface area contributed by atoms with Gasteiger partial charge in [-0.3, -0.25) is 0 Å². The van der Waals surface area contributed by atoms with E-state index in [4.69, 9.17) is 16.3 Å². The van der Waals surface area contributed by atoms with Gasteiger partial charge in [0.2, 0.25) is 0 Å². The number of aromatic nitrogens is 2. The molecule has 0 bridgehead atoms. The molecule has 1 heterocycles. The van der Waals surface area contributed by atoms with Crippen molar-refractivity contribution in [2.75, 3.05) is 25.6 Å². The van der Waals surface area contributed by atoms with Crippen LogP contribution in [-0.4, -0.2) is 30.7 Å². The van der Waals surface area contributed by atoms with Crippen molar-refractivity contribution in [3.8, 4) is 5.75 Å². The van der Waals surface area contributed by atoms with Gasteiger partial charge in [0.25, 0.3) is 0 Å². The lowest BCUT2D eigenvalue weighted by Crippen LogP contribution is -2.30. The second kappa shape index (κ2) is 4.87. The summed E-state index contributed by atoms with van der Waals surface area (Å²) in [5, 5.41) is 0.341. The van der Waals surface area contributed by atoms with Crippen LogP contribution in [0.2, 0.25) is 5.15 Å². The summed E-state index contributed by atoms with van der Waals surface area (Å²) in [6.45, 7) is 7.35. The maximum atomic E-state index is 5.94. The van der Waals surface area contributed by atoms with Crippen LogP contribution < -0.4 is 9.64 Å². The van der Waals surface area contributed by atoms with Crippen LogP contribution in [0, 0.1) is 5.41 Å². The van der Waals surface area contributed by atoms with Crippen LogP contribution in [0.5, 0.6) is 5.75 Å². The van der Waals surface area contributed by atoms with E-state index in [0.29, 0.717) is 10.9 Å². The zero-order valence-electron chi connectivity index (χ0n) is 10.4. The summed E-state index contributed by atoms with van der Waals surface area (Å²) in [5.41, 5.74) is 0.178. The predicted octanol–water partition coefficient (Wildman–Crippen LogP) is 2.62. The highest BCUT2D eigenvalue weighted by Gasteiger charge is 2.19. The first-order chi connectivity index (χ1) is 7.35. The van der Waals surface area contributed by atoms with Gasteiger partial charge in [0.05, 0.1) is 7.11 Å². The largest absolute Gasteiger partial charge is 0.490 e. The highest BCUT2D eigenvalue weighted by molar-refractivity contribution is 6.31. The molecule has 0 saturated carbocycles. The molecule has 1 aromatic rings. The Morgan fingerprint density at radius 2 is 2.00 bits per heavy atom. The van der Waals surface area contributed by atoms with Gasteiger partial charge in [0.1, 0.15) is 6.33 Å². The van der Waals surface area contributed by atoms with Gasteiger partial charge in [0.15, 0.2) is 16.7 Å². The van der Waals surface area contributed by atoms with E-state index in [-0.39, 0.29) is 5.41 Å². The fourth-order valence-electron chi connectivity index (χ4n) is 1.58. The van der Waals surface area contributed by atoms with Crippen molar-refractivity contribution in [3.05, 3.63) is 11.5 Å². The molecular weight excluding hydrogens is 226 g/mol. The average Bonchev–Trinajstić information content (AvgIpc) is 2.14. The Balaban J connectivity index is 2.99. The minimum absolute atomic E-state index is 0.178. The second-order valence-electron chi connectivity index (χ2n) is 4.94. The highest BCUT2D eigenvalue weighted by Crippen LogP contribution is 2.32. The van der Waals surface area contributed by atoms with Crippen LogP contribution in [0.3, 0.4) is 0 Å². The van der Waals surface area contributed by atoms with E-state index >= 15 is 0 Å². The Bertz CT molecular complexity index is 363. The van der Waals surface area contributed by atoms with E-state index < -0.39 is 0 Å². The summed E-state index contributed by atoms with van der Waals surface area (Å²) in [6, 6.07) is 0. The van der Waals surface area contributed by atoms with E-state index in [9.17, 15) is 0 Å². The molecule has 0 unspecified atom stereocenters. The summed E-state index contributed by atoms with van der Waals surface area (Å²) >= 11 is 5.94. The predicted molar refractivity (Wildman–Crippen MR) is 66.3 cm³/mol. The number of halogens is 1. The molecule has 4 nitrogen and oxygen atoms in total. The van der Waals surface area contributed by atoms with Crippen LogP contribution in [0.1, 0.15) is 20.8 Å². The molecule has 0 spiro atoms. The SMILES string of the molecule is COc1c(Cl)ncnc1N(C)CC(C)(C)C. The second-order valence-corrected chi connectivity index (χ2v) is 5.30. The molecule has 1 aromatic heterocycles. The van der Waals surface area contributed by atoms with Gasteiger partial charge in [-0.1, -0.05) is 32.4 Å². The molecule has 0 radical (unpaired) electrons. The molecule has 90 valence electrons. The normalized spacial score (nSPS) is 11.4. The highest BCUT2D eigenvalue weighted by atomic mass is 35.5. The van der Waals surface area contributed by atoms with Crippen LogP contribution in [0.4, 0.5) is 5.82 Å². The van der Waals surface area contributed by atoms with Crippen LogP contribution in [0.15, 0.2) is 6.33 Å². The lowest BCUT2D eigenvalue weighted by Gasteiger charge is -2.28. The third-order valence-corrected chi connectivity index (χ3v) is 2.29. The molecule has 0 aliphatic rings. The molecular formula is C11H18ClN3O. The lowest BCUT2D eigenvalue weighted by molar-refractivity contribution is 0.397. The number of ether oxygens (including phenoxy) is 1. The fraction of sp³-hybridized carbons (Fsp3) is 0.636. The minimum atomic E-state index is 0.178. The van der Waals surface area contributed by atoms with E-state index in [0.717, 1.165) is 12.4 Å². The van der Waals surface area contributed by atoms with Crippen molar-refractivity contribution in [2.24, 2.45) is 5.41 Å². The molecule has 1 rings (SSSR count). The van der Waals surface area contributed by atoms with Crippen molar-refractivity contribution < 1.29 is 4.74 Å². The maximum Gasteiger partial charge on any atom is 0.199 e. The minimum Gasteiger partial charge on any atom is -0.490 e. The Hall–Kier alpha value is -1.03. The number of rotatable bonds is 3. The summed E-state index contributed by atoms with van der Waals surface area (Å²) < 4.78 is 5.21. The van der Waals surface area contributed by atoms with Gasteiger partial charge in [0, 0.05) is 13.6 Å². The van der Waals surface area contributed by atoms with Gasteiger partial charge in [-0.15, -0.1) is 0 Å². The van der Waals surface area contributed by atoms with E-state index in [1.54, 1.807) is 7.11 Å². The summed E-state index contributed by atoms with van der Waals surface area (Å²) in [6.07, 6.45) is 1.44. The van der Waals surface area contributed by atoms with Gasteiger partial charge in [-0.05, 0) is 5.41 Å². The third-order valence-electron chi connectivity index (χ3n) is 2.02. The maximum absolute atomic E-state index is 5.94. The molecule has 5 heteroatoms. The number of nitrogens with zero attached hydrogens (tertiary/aromatic N) is 3. The Morgan fingerprint density at radius 3 is 2.50 bits per heavy atom. The van der Waals surface area contributed by atoms with E-state index in [1.807, 2.05) is 11.9 Å². The van der Waals surface area contributed by atoms with E-state index in [1.165, 1.54) is 6.33 Å². The van der Waals surface area contributed by atoms with Crippen molar-refractivity contribution in [3.63, 3.8) is 0 Å². The van der Waals surface area contributed by atoms with Crippen molar-refractivity contribution in [1.82, 2.24) is 9.97 Å². The van der Waals surface area contributed by atoms with Crippen LogP contribution >= 0.6 is 11.6 Å². The summed E-state index contributed by atoms with van der Waals surface area (Å²) in [7, 11) is 3.53. The zero-order chi connectivity index (χ0) is 12.3. The summed E-state index contributed by atoms with van der Waals surface area (Å²) in [4.78, 5) is 10.1. The molecule has 0 saturated heterocycles. The Kier molecular flexibility index (Phi) is 3.97. The third kappa shape index (κ3) is 3.23. The van der Waals surface area contributed by atoms with Gasteiger partial charge >= 0.3 is 0 Å². The first-order valence-electron chi connectivity index (χ1n) is 5.11. The van der Waals surface area contributed by atoms with Crippen LogP contribution in [-0.2, 0) is 0 Å². The number of methoxy groups -OCH3 is 1.